The molecular weight excluding hydrogens is 268 g/mol. The van der Waals surface area contributed by atoms with Crippen LogP contribution >= 0.6 is 0 Å². The Morgan fingerprint density at radius 3 is 2.67 bits per heavy atom. The first-order valence-corrected chi connectivity index (χ1v) is 7.58. The van der Waals surface area contributed by atoms with Gasteiger partial charge in [-0.1, -0.05) is 6.92 Å². The number of amides is 2. The van der Waals surface area contributed by atoms with E-state index in [1.807, 2.05) is 16.4 Å². The normalized spacial score (nSPS) is 16.0. The van der Waals surface area contributed by atoms with Crippen molar-refractivity contribution in [3.8, 4) is 0 Å². The molecule has 1 aromatic rings. The number of nitrogens with two attached hydrogens (primary N) is 1. The van der Waals surface area contributed by atoms with E-state index in [1.165, 1.54) is 0 Å². The molecule has 1 aliphatic heterocycles. The van der Waals surface area contributed by atoms with Crippen molar-refractivity contribution in [2.75, 3.05) is 18.8 Å². The zero-order valence-corrected chi connectivity index (χ0v) is 12.8. The van der Waals surface area contributed by atoms with Crippen LogP contribution in [0.4, 0.5) is 5.69 Å². The number of carbonyl (C=O) groups excluding carboxylic acids is 2. The first-order valence-electron chi connectivity index (χ1n) is 7.58. The van der Waals surface area contributed by atoms with Crippen LogP contribution in [0, 0.1) is 0 Å². The number of aryl methyl sites for hydroxylation is 1. The Morgan fingerprint density at radius 2 is 2.05 bits per heavy atom. The summed E-state index contributed by atoms with van der Waals surface area (Å²) in [4.78, 5) is 26.3. The number of hydrogen-bond acceptors (Lipinski definition) is 3. The Labute approximate surface area is 125 Å². The minimum atomic E-state index is -0.512. The molecule has 2 rings (SSSR count). The molecule has 116 valence electrons. The third kappa shape index (κ3) is 3.56. The number of anilines is 1. The van der Waals surface area contributed by atoms with Gasteiger partial charge in [0.25, 0.3) is 5.91 Å². The molecule has 2 amide bonds. The fourth-order valence-corrected chi connectivity index (χ4v) is 2.69. The number of hydrogen-bond donors (Lipinski definition) is 2. The van der Waals surface area contributed by atoms with Gasteiger partial charge in [0.05, 0.1) is 5.69 Å². The minimum Gasteiger partial charge on any atom is -0.397 e. The third-order valence-corrected chi connectivity index (χ3v) is 3.75. The smallest absolute Gasteiger partial charge is 0.268 e. The van der Waals surface area contributed by atoms with Gasteiger partial charge < -0.3 is 20.5 Å². The van der Waals surface area contributed by atoms with Gasteiger partial charge >= 0.3 is 0 Å². The molecule has 1 aromatic heterocycles. The first kappa shape index (κ1) is 15.4. The van der Waals surface area contributed by atoms with Gasteiger partial charge in [0.15, 0.2) is 0 Å². The van der Waals surface area contributed by atoms with Crippen LogP contribution in [0.5, 0.6) is 0 Å². The summed E-state index contributed by atoms with van der Waals surface area (Å²) in [7, 11) is 0. The van der Waals surface area contributed by atoms with Crippen molar-refractivity contribution < 1.29 is 9.59 Å². The van der Waals surface area contributed by atoms with Crippen molar-refractivity contribution in [2.24, 2.45) is 0 Å². The fraction of sp³-hybridized carbons (Fsp3) is 0.600. The highest BCUT2D eigenvalue weighted by molar-refractivity contribution is 5.97. The van der Waals surface area contributed by atoms with Crippen molar-refractivity contribution in [3.05, 3.63) is 18.0 Å². The summed E-state index contributed by atoms with van der Waals surface area (Å²) in [5, 5.41) is 2.78. The third-order valence-electron chi connectivity index (χ3n) is 3.75. The Bertz CT molecular complexity index is 518. The average Bonchev–Trinajstić information content (AvgIpc) is 3.08. The molecule has 1 fully saturated rings. The van der Waals surface area contributed by atoms with Crippen LogP contribution < -0.4 is 11.1 Å². The maximum atomic E-state index is 12.3. The van der Waals surface area contributed by atoms with Crippen LogP contribution in [0.25, 0.3) is 0 Å². The standard InChI is InChI=1S/C15H24N4O2/c1-3-6-19-10-12(16)9-13(19)14(20)17-11(2)15(21)18-7-4-5-8-18/h9-11H,3-8,16H2,1-2H3,(H,17,20). The molecule has 21 heavy (non-hydrogen) atoms. The Kier molecular flexibility index (Phi) is 4.88. The van der Waals surface area contributed by atoms with Crippen molar-refractivity contribution >= 4 is 17.5 Å². The van der Waals surface area contributed by atoms with Gasteiger partial charge in [0.1, 0.15) is 11.7 Å². The van der Waals surface area contributed by atoms with Crippen LogP contribution in [0.3, 0.4) is 0 Å². The van der Waals surface area contributed by atoms with Gasteiger partial charge in [-0.15, -0.1) is 0 Å². The predicted octanol–water partition coefficient (Wildman–Crippen LogP) is 1.22. The zero-order valence-electron chi connectivity index (χ0n) is 12.8. The molecule has 0 aliphatic carbocycles. The number of nitrogen functional groups attached to an aromatic ring is 1. The highest BCUT2D eigenvalue weighted by Crippen LogP contribution is 2.13. The van der Waals surface area contributed by atoms with E-state index < -0.39 is 6.04 Å². The summed E-state index contributed by atoms with van der Waals surface area (Å²) < 4.78 is 1.83. The van der Waals surface area contributed by atoms with Crippen molar-refractivity contribution in [1.82, 2.24) is 14.8 Å². The molecule has 6 heteroatoms. The van der Waals surface area contributed by atoms with Crippen molar-refractivity contribution in [2.45, 2.75) is 45.7 Å². The summed E-state index contributed by atoms with van der Waals surface area (Å²) in [6.07, 6.45) is 4.76. The largest absolute Gasteiger partial charge is 0.397 e. The monoisotopic (exact) mass is 292 g/mol. The van der Waals surface area contributed by atoms with E-state index in [9.17, 15) is 9.59 Å². The van der Waals surface area contributed by atoms with Gasteiger partial charge in [0.2, 0.25) is 5.91 Å². The molecule has 1 atom stereocenters. The first-order chi connectivity index (χ1) is 10.0. The lowest BCUT2D eigenvalue weighted by Gasteiger charge is -2.21. The van der Waals surface area contributed by atoms with Crippen LogP contribution in [0.1, 0.15) is 43.6 Å². The Morgan fingerprint density at radius 1 is 1.38 bits per heavy atom. The number of rotatable bonds is 5. The second kappa shape index (κ2) is 6.65. The lowest BCUT2D eigenvalue weighted by molar-refractivity contribution is -0.131. The molecule has 0 spiro atoms. The molecule has 1 aliphatic rings. The highest BCUT2D eigenvalue weighted by Gasteiger charge is 2.25. The highest BCUT2D eigenvalue weighted by atomic mass is 16.2. The Hall–Kier alpha value is -1.98. The summed E-state index contributed by atoms with van der Waals surface area (Å²) in [5.74, 6) is -0.261. The predicted molar refractivity (Wildman–Crippen MR) is 81.9 cm³/mol. The van der Waals surface area contributed by atoms with E-state index in [0.29, 0.717) is 11.4 Å². The maximum absolute atomic E-state index is 12.3. The number of likely N-dealkylation sites (tertiary alicyclic amines) is 1. The Balaban J connectivity index is 2.01. The molecule has 0 saturated carbocycles. The minimum absolute atomic E-state index is 0.0116. The summed E-state index contributed by atoms with van der Waals surface area (Å²) in [6, 6.07) is 1.14. The van der Waals surface area contributed by atoms with E-state index in [1.54, 1.807) is 19.2 Å². The van der Waals surface area contributed by atoms with E-state index in [2.05, 4.69) is 5.32 Å². The molecule has 0 bridgehead atoms. The number of nitrogens with one attached hydrogen (secondary N) is 1. The van der Waals surface area contributed by atoms with Crippen molar-refractivity contribution in [1.29, 1.82) is 0 Å². The lowest BCUT2D eigenvalue weighted by atomic mass is 10.2. The van der Waals surface area contributed by atoms with E-state index in [4.69, 9.17) is 5.73 Å². The topological polar surface area (TPSA) is 80.4 Å². The van der Waals surface area contributed by atoms with Gasteiger partial charge in [-0.2, -0.15) is 0 Å². The van der Waals surface area contributed by atoms with Crippen LogP contribution in [-0.4, -0.2) is 40.4 Å². The van der Waals surface area contributed by atoms with E-state index >= 15 is 0 Å². The van der Waals surface area contributed by atoms with Gasteiger partial charge in [-0.3, -0.25) is 9.59 Å². The molecule has 0 aromatic carbocycles. The summed E-state index contributed by atoms with van der Waals surface area (Å²) >= 11 is 0. The SMILES string of the molecule is CCCn1cc(N)cc1C(=O)NC(C)C(=O)N1CCCC1. The maximum Gasteiger partial charge on any atom is 0.268 e. The van der Waals surface area contributed by atoms with Crippen LogP contribution in [0.15, 0.2) is 12.3 Å². The molecule has 6 nitrogen and oxygen atoms in total. The second-order valence-electron chi connectivity index (χ2n) is 5.58. The zero-order chi connectivity index (χ0) is 15.4. The van der Waals surface area contributed by atoms with Gasteiger partial charge in [-0.25, -0.2) is 0 Å². The van der Waals surface area contributed by atoms with E-state index in [-0.39, 0.29) is 11.8 Å². The molecule has 3 N–H and O–H groups in total. The summed E-state index contributed by atoms with van der Waals surface area (Å²) in [5.41, 5.74) is 6.83. The second-order valence-corrected chi connectivity index (χ2v) is 5.58. The van der Waals surface area contributed by atoms with Gasteiger partial charge in [-0.05, 0) is 32.3 Å². The number of carbonyl (C=O) groups is 2. The molecule has 1 unspecified atom stereocenters. The summed E-state index contributed by atoms with van der Waals surface area (Å²) in [6.45, 7) is 6.08. The number of nitrogens with zero attached hydrogens (tertiary/aromatic N) is 2. The molecule has 2 heterocycles. The molecular formula is C15H24N4O2. The lowest BCUT2D eigenvalue weighted by Crippen LogP contribution is -2.46. The van der Waals surface area contributed by atoms with Crippen LogP contribution in [-0.2, 0) is 11.3 Å². The van der Waals surface area contributed by atoms with Gasteiger partial charge in [0, 0.05) is 25.8 Å². The van der Waals surface area contributed by atoms with Crippen molar-refractivity contribution in [3.63, 3.8) is 0 Å². The van der Waals surface area contributed by atoms with E-state index in [0.717, 1.165) is 38.9 Å². The quantitative estimate of drug-likeness (QED) is 0.856. The number of aromatic nitrogens is 1. The molecule has 1 saturated heterocycles. The fourth-order valence-electron chi connectivity index (χ4n) is 2.69. The molecule has 0 radical (unpaired) electrons. The van der Waals surface area contributed by atoms with Crippen LogP contribution in [0.2, 0.25) is 0 Å². The average molecular weight is 292 g/mol.